The monoisotopic (exact) mass is 530 g/mol. The molecule has 0 saturated heterocycles. The summed E-state index contributed by atoms with van der Waals surface area (Å²) < 4.78 is 15.9. The highest BCUT2D eigenvalue weighted by Crippen LogP contribution is 2.36. The molecule has 8 heteroatoms. The Morgan fingerprint density at radius 3 is 2.55 bits per heavy atom. The average Bonchev–Trinajstić information content (AvgIpc) is 3.31. The van der Waals surface area contributed by atoms with Crippen LogP contribution in [0, 0.1) is 6.92 Å². The number of aryl methyl sites for hydroxylation is 2. The Hall–Kier alpha value is -4.10. The highest BCUT2D eigenvalue weighted by Gasteiger charge is 2.27. The molecule has 1 unspecified atom stereocenters. The van der Waals surface area contributed by atoms with Gasteiger partial charge in [-0.05, 0) is 54.5 Å². The lowest BCUT2D eigenvalue weighted by atomic mass is 9.81. The fraction of sp³-hybridized carbons (Fsp3) is 0.233. The lowest BCUT2D eigenvalue weighted by molar-refractivity contribution is -0.142. The van der Waals surface area contributed by atoms with Gasteiger partial charge in [0.1, 0.15) is 18.0 Å². The van der Waals surface area contributed by atoms with E-state index in [0.717, 1.165) is 41.5 Å². The van der Waals surface area contributed by atoms with E-state index in [0.29, 0.717) is 27.7 Å². The molecule has 1 aromatic heterocycles. The maximum atomic E-state index is 12.5. The van der Waals surface area contributed by atoms with Gasteiger partial charge in [0.15, 0.2) is 5.76 Å². The lowest BCUT2D eigenvalue weighted by Crippen LogP contribution is -2.19. The number of esters is 1. The maximum absolute atomic E-state index is 12.5. The number of nitrogens with zero attached hydrogens (tertiary/aromatic N) is 1. The number of benzene rings is 3. The van der Waals surface area contributed by atoms with E-state index in [9.17, 15) is 9.59 Å². The molecule has 5 rings (SSSR count). The van der Waals surface area contributed by atoms with Crippen LogP contribution in [0.3, 0.4) is 0 Å². The van der Waals surface area contributed by atoms with Gasteiger partial charge in [-0.1, -0.05) is 77.4 Å². The first kappa shape index (κ1) is 25.5. The molecule has 1 N–H and O–H groups in total. The van der Waals surface area contributed by atoms with Crippen molar-refractivity contribution in [3.8, 4) is 22.5 Å². The highest BCUT2D eigenvalue weighted by atomic mass is 35.5. The summed E-state index contributed by atoms with van der Waals surface area (Å²) in [6.07, 6.45) is 2.08. The Morgan fingerprint density at radius 1 is 1.05 bits per heavy atom. The molecule has 4 aromatic rings. The Bertz CT molecular complexity index is 1480. The minimum atomic E-state index is -0.631. The summed E-state index contributed by atoms with van der Waals surface area (Å²) >= 11 is 6.14. The number of aromatic nitrogens is 1. The Labute approximate surface area is 225 Å². The topological polar surface area (TPSA) is 90.7 Å². The molecular formula is C30H27ClN2O5. The molecule has 0 saturated carbocycles. The van der Waals surface area contributed by atoms with Crippen LogP contribution in [-0.4, -0.2) is 24.3 Å². The number of anilines is 1. The SMILES string of the molecule is COC(=O)C1CCCc2cc(-c3ccc(-c4onc(C)c4NC(=O)OCc4ccccc4Cl)cc3)ccc21. The van der Waals surface area contributed by atoms with Gasteiger partial charge in [0.05, 0.1) is 13.0 Å². The molecular weight excluding hydrogens is 504 g/mol. The number of amides is 1. The summed E-state index contributed by atoms with van der Waals surface area (Å²) in [4.78, 5) is 24.7. The molecule has 7 nitrogen and oxygen atoms in total. The molecule has 0 radical (unpaired) electrons. The molecule has 38 heavy (non-hydrogen) atoms. The van der Waals surface area contributed by atoms with E-state index >= 15 is 0 Å². The van der Waals surface area contributed by atoms with Crippen LogP contribution in [0.1, 0.15) is 41.1 Å². The average molecular weight is 531 g/mol. The van der Waals surface area contributed by atoms with Crippen LogP contribution in [0.25, 0.3) is 22.5 Å². The second-order valence-corrected chi connectivity index (χ2v) is 9.63. The molecule has 3 aromatic carbocycles. The van der Waals surface area contributed by atoms with Gasteiger partial charge in [0.25, 0.3) is 0 Å². The van der Waals surface area contributed by atoms with Crippen LogP contribution in [0.15, 0.2) is 71.3 Å². The van der Waals surface area contributed by atoms with Gasteiger partial charge in [-0.2, -0.15) is 0 Å². The summed E-state index contributed by atoms with van der Waals surface area (Å²) in [6, 6.07) is 21.3. The van der Waals surface area contributed by atoms with Crippen molar-refractivity contribution in [2.45, 2.75) is 38.7 Å². The predicted molar refractivity (Wildman–Crippen MR) is 145 cm³/mol. The number of ether oxygens (including phenoxy) is 2. The number of halogens is 1. The molecule has 0 aliphatic heterocycles. The minimum Gasteiger partial charge on any atom is -0.469 e. The van der Waals surface area contributed by atoms with E-state index in [1.807, 2.05) is 48.5 Å². The number of carbonyl (C=O) groups is 2. The van der Waals surface area contributed by atoms with Gasteiger partial charge in [-0.3, -0.25) is 10.1 Å². The van der Waals surface area contributed by atoms with Gasteiger partial charge < -0.3 is 14.0 Å². The van der Waals surface area contributed by atoms with E-state index in [2.05, 4.69) is 16.5 Å². The first-order chi connectivity index (χ1) is 18.4. The van der Waals surface area contributed by atoms with Crippen molar-refractivity contribution in [1.29, 1.82) is 0 Å². The summed E-state index contributed by atoms with van der Waals surface area (Å²) in [5.74, 6) is 0.0647. The van der Waals surface area contributed by atoms with Crippen LogP contribution in [0.4, 0.5) is 10.5 Å². The third-order valence-electron chi connectivity index (χ3n) is 6.83. The fourth-order valence-electron chi connectivity index (χ4n) is 4.81. The van der Waals surface area contributed by atoms with E-state index in [1.165, 1.54) is 12.7 Å². The molecule has 1 aliphatic carbocycles. The molecule has 0 fully saturated rings. The molecule has 0 bridgehead atoms. The number of nitrogens with one attached hydrogen (secondary N) is 1. The summed E-state index contributed by atoms with van der Waals surface area (Å²) in [7, 11) is 1.44. The molecule has 1 aliphatic rings. The number of rotatable bonds is 6. The van der Waals surface area contributed by atoms with Crippen LogP contribution < -0.4 is 5.32 Å². The summed E-state index contributed by atoms with van der Waals surface area (Å²) in [6.45, 7) is 1.79. The van der Waals surface area contributed by atoms with E-state index in [1.54, 1.807) is 19.1 Å². The number of hydrogen-bond donors (Lipinski definition) is 1. The largest absolute Gasteiger partial charge is 0.469 e. The van der Waals surface area contributed by atoms with Gasteiger partial charge in [0, 0.05) is 16.1 Å². The Morgan fingerprint density at radius 2 is 1.79 bits per heavy atom. The smallest absolute Gasteiger partial charge is 0.412 e. The number of fused-ring (bicyclic) bond motifs is 1. The zero-order valence-electron chi connectivity index (χ0n) is 21.1. The van der Waals surface area contributed by atoms with Crippen LogP contribution in [0.2, 0.25) is 5.02 Å². The van der Waals surface area contributed by atoms with E-state index in [4.69, 9.17) is 25.6 Å². The lowest BCUT2D eigenvalue weighted by Gasteiger charge is -2.24. The first-order valence-electron chi connectivity index (χ1n) is 12.4. The van der Waals surface area contributed by atoms with Crippen molar-refractivity contribution in [3.05, 3.63) is 94.1 Å². The summed E-state index contributed by atoms with van der Waals surface area (Å²) in [5.41, 5.74) is 6.79. The third-order valence-corrected chi connectivity index (χ3v) is 7.20. The fourth-order valence-corrected chi connectivity index (χ4v) is 5.00. The molecule has 1 amide bonds. The first-order valence-corrected chi connectivity index (χ1v) is 12.8. The summed E-state index contributed by atoms with van der Waals surface area (Å²) in [5, 5.41) is 7.31. The zero-order valence-corrected chi connectivity index (χ0v) is 21.9. The van der Waals surface area contributed by atoms with Crippen molar-refractivity contribution in [2.24, 2.45) is 0 Å². The van der Waals surface area contributed by atoms with Crippen LogP contribution >= 0.6 is 11.6 Å². The third kappa shape index (κ3) is 5.29. The molecule has 1 heterocycles. The van der Waals surface area contributed by atoms with Crippen molar-refractivity contribution in [3.63, 3.8) is 0 Å². The van der Waals surface area contributed by atoms with Crippen molar-refractivity contribution in [1.82, 2.24) is 5.16 Å². The van der Waals surface area contributed by atoms with Crippen molar-refractivity contribution < 1.29 is 23.6 Å². The number of methoxy groups -OCH3 is 1. The zero-order chi connectivity index (χ0) is 26.6. The molecule has 0 spiro atoms. The van der Waals surface area contributed by atoms with Crippen LogP contribution in [-0.2, 0) is 27.3 Å². The van der Waals surface area contributed by atoms with Gasteiger partial charge in [-0.15, -0.1) is 0 Å². The molecule has 194 valence electrons. The standard InChI is InChI=1S/C30H27ClN2O5/c1-18-27(32-30(35)37-17-23-6-3-4-9-26(23)31)28(38-33-18)20-12-10-19(11-13-20)21-14-15-24-22(16-21)7-5-8-25(24)29(34)36-2/h3-4,6,9-16,25H,5,7-8,17H2,1-2H3,(H,32,35). The van der Waals surface area contributed by atoms with Crippen molar-refractivity contribution >= 4 is 29.4 Å². The van der Waals surface area contributed by atoms with E-state index < -0.39 is 6.09 Å². The minimum absolute atomic E-state index is 0.0427. The second-order valence-electron chi connectivity index (χ2n) is 9.22. The van der Waals surface area contributed by atoms with Crippen molar-refractivity contribution in [2.75, 3.05) is 12.4 Å². The Kier molecular flexibility index (Phi) is 7.47. The quantitative estimate of drug-likeness (QED) is 0.263. The van der Waals surface area contributed by atoms with E-state index in [-0.39, 0.29) is 18.5 Å². The second kappa shape index (κ2) is 11.1. The number of hydrogen-bond acceptors (Lipinski definition) is 6. The van der Waals surface area contributed by atoms with Gasteiger partial charge in [0.2, 0.25) is 0 Å². The van der Waals surface area contributed by atoms with Crippen LogP contribution in [0.5, 0.6) is 0 Å². The molecule has 1 atom stereocenters. The van der Waals surface area contributed by atoms with Gasteiger partial charge >= 0.3 is 12.1 Å². The highest BCUT2D eigenvalue weighted by molar-refractivity contribution is 6.31. The normalized spacial score (nSPS) is 14.4. The predicted octanol–water partition coefficient (Wildman–Crippen LogP) is 7.31. The Balaban J connectivity index is 1.31. The van der Waals surface area contributed by atoms with Gasteiger partial charge in [-0.25, -0.2) is 4.79 Å². The maximum Gasteiger partial charge on any atom is 0.412 e. The number of carbonyl (C=O) groups excluding carboxylic acids is 2.